The number of amides is 2. The Morgan fingerprint density at radius 2 is 1.90 bits per heavy atom. The molecule has 1 rings (SSSR count). The van der Waals surface area contributed by atoms with Gasteiger partial charge in [0.15, 0.2) is 0 Å². The first kappa shape index (κ1) is 17.2. The summed E-state index contributed by atoms with van der Waals surface area (Å²) in [7, 11) is -4.32. The number of carbonyl (C=O) groups is 2. The van der Waals surface area contributed by atoms with E-state index in [-0.39, 0.29) is 6.61 Å². The Labute approximate surface area is 121 Å². The Balaban J connectivity index is 2.33. The van der Waals surface area contributed by atoms with Gasteiger partial charge in [-0.1, -0.05) is 30.3 Å². The van der Waals surface area contributed by atoms with Crippen LogP contribution in [0.15, 0.2) is 30.3 Å². The van der Waals surface area contributed by atoms with E-state index in [1.807, 2.05) is 11.4 Å². The van der Waals surface area contributed by atoms with Crippen LogP contribution in [0.1, 0.15) is 12.5 Å². The monoisotopic (exact) mass is 316 g/mol. The molecule has 0 bridgehead atoms. The standard InChI is InChI=1S/C12H17N2O6P/c1-9(11(15)13-8-21(17,18)19)14-12(16)20-7-10-5-3-2-4-6-10/h2-6,9H,7-8H2,1H3,(H,13,15)(H,14,16)(H2,17,18,19)/t9-/m0/s1. The molecule has 0 fully saturated rings. The van der Waals surface area contributed by atoms with Crippen LogP contribution in [0, 0.1) is 0 Å². The summed E-state index contributed by atoms with van der Waals surface area (Å²) in [6, 6.07) is 8.02. The molecule has 1 aromatic rings. The van der Waals surface area contributed by atoms with Crippen molar-refractivity contribution in [2.45, 2.75) is 19.6 Å². The number of carbonyl (C=O) groups excluding carboxylic acids is 2. The van der Waals surface area contributed by atoms with Crippen molar-refractivity contribution in [1.29, 1.82) is 0 Å². The summed E-state index contributed by atoms with van der Waals surface area (Å²) in [4.78, 5) is 40.2. The second-order valence-corrected chi connectivity index (χ2v) is 5.94. The molecule has 0 aliphatic carbocycles. The predicted octanol–water partition coefficient (Wildman–Crippen LogP) is 0.553. The van der Waals surface area contributed by atoms with E-state index in [9.17, 15) is 14.2 Å². The van der Waals surface area contributed by atoms with Crippen LogP contribution in [-0.2, 0) is 20.7 Å². The molecular formula is C12H17N2O6P. The van der Waals surface area contributed by atoms with Gasteiger partial charge in [-0.05, 0) is 12.5 Å². The van der Waals surface area contributed by atoms with Crippen molar-refractivity contribution in [3.8, 4) is 0 Å². The summed E-state index contributed by atoms with van der Waals surface area (Å²) < 4.78 is 15.5. The fourth-order valence-corrected chi connectivity index (χ4v) is 1.70. The highest BCUT2D eigenvalue weighted by Crippen LogP contribution is 2.31. The van der Waals surface area contributed by atoms with Crippen molar-refractivity contribution in [2.75, 3.05) is 6.29 Å². The van der Waals surface area contributed by atoms with E-state index in [4.69, 9.17) is 14.5 Å². The molecule has 0 radical (unpaired) electrons. The van der Waals surface area contributed by atoms with Crippen LogP contribution in [0.5, 0.6) is 0 Å². The Hall–Kier alpha value is -1.89. The number of rotatable bonds is 6. The van der Waals surface area contributed by atoms with Crippen LogP contribution in [0.2, 0.25) is 0 Å². The molecule has 0 aliphatic heterocycles. The SMILES string of the molecule is C[C@H](NC(=O)OCc1ccccc1)C(=O)NCP(=O)(O)O. The van der Waals surface area contributed by atoms with Crippen molar-refractivity contribution in [2.24, 2.45) is 0 Å². The zero-order valence-corrected chi connectivity index (χ0v) is 12.2. The molecule has 8 nitrogen and oxygen atoms in total. The minimum absolute atomic E-state index is 0.0590. The first-order valence-electron chi connectivity index (χ1n) is 6.07. The smallest absolute Gasteiger partial charge is 0.408 e. The third kappa shape index (κ3) is 7.45. The Kier molecular flexibility index (Phi) is 6.36. The topological polar surface area (TPSA) is 125 Å². The van der Waals surface area contributed by atoms with E-state index < -0.39 is 31.9 Å². The summed E-state index contributed by atoms with van der Waals surface area (Å²) in [5.41, 5.74) is 0.797. The van der Waals surface area contributed by atoms with Crippen LogP contribution in [0.4, 0.5) is 4.79 Å². The zero-order valence-electron chi connectivity index (χ0n) is 11.4. The summed E-state index contributed by atoms with van der Waals surface area (Å²) in [5, 5.41) is 4.29. The minimum Gasteiger partial charge on any atom is -0.445 e. The van der Waals surface area contributed by atoms with Crippen LogP contribution in [-0.4, -0.2) is 34.1 Å². The van der Waals surface area contributed by atoms with Gasteiger partial charge in [-0.3, -0.25) is 9.36 Å². The van der Waals surface area contributed by atoms with Crippen LogP contribution < -0.4 is 10.6 Å². The third-order valence-electron chi connectivity index (χ3n) is 2.40. The van der Waals surface area contributed by atoms with Gasteiger partial charge in [-0.25, -0.2) is 4.79 Å². The Bertz CT molecular complexity index is 530. The number of hydrogen-bond donors (Lipinski definition) is 4. The average Bonchev–Trinajstić information content (AvgIpc) is 2.42. The number of alkyl carbamates (subject to hydrolysis) is 1. The lowest BCUT2D eigenvalue weighted by molar-refractivity contribution is -0.122. The second kappa shape index (κ2) is 7.78. The highest BCUT2D eigenvalue weighted by Gasteiger charge is 2.20. The highest BCUT2D eigenvalue weighted by molar-refractivity contribution is 7.51. The summed E-state index contributed by atoms with van der Waals surface area (Å²) in [5.74, 6) is -0.713. The van der Waals surface area contributed by atoms with Gasteiger partial charge in [-0.2, -0.15) is 0 Å². The van der Waals surface area contributed by atoms with Crippen LogP contribution in [0.25, 0.3) is 0 Å². The fourth-order valence-electron chi connectivity index (χ4n) is 1.34. The average molecular weight is 316 g/mol. The maximum atomic E-state index is 11.5. The molecule has 116 valence electrons. The summed E-state index contributed by atoms with van der Waals surface area (Å²) >= 11 is 0. The molecule has 0 saturated heterocycles. The van der Waals surface area contributed by atoms with Gasteiger partial charge in [0.05, 0.1) is 0 Å². The third-order valence-corrected chi connectivity index (χ3v) is 2.97. The Morgan fingerprint density at radius 3 is 2.48 bits per heavy atom. The molecule has 0 aliphatic rings. The van der Waals surface area contributed by atoms with Crippen molar-refractivity contribution < 1.29 is 28.7 Å². The van der Waals surface area contributed by atoms with Gasteiger partial charge < -0.3 is 25.2 Å². The molecule has 1 atom stereocenters. The normalized spacial score (nSPS) is 12.3. The number of hydrogen-bond acceptors (Lipinski definition) is 4. The van der Waals surface area contributed by atoms with Crippen LogP contribution in [0.3, 0.4) is 0 Å². The van der Waals surface area contributed by atoms with Gasteiger partial charge in [0.25, 0.3) is 0 Å². The lowest BCUT2D eigenvalue weighted by Gasteiger charge is -2.14. The maximum absolute atomic E-state index is 11.5. The van der Waals surface area contributed by atoms with Crippen LogP contribution >= 0.6 is 7.60 Å². The Morgan fingerprint density at radius 1 is 1.29 bits per heavy atom. The molecule has 0 saturated carbocycles. The van der Waals surface area contributed by atoms with E-state index in [0.717, 1.165) is 5.56 Å². The van der Waals surface area contributed by atoms with Gasteiger partial charge in [0, 0.05) is 0 Å². The van der Waals surface area contributed by atoms with Crippen molar-refractivity contribution in [1.82, 2.24) is 10.6 Å². The van der Waals surface area contributed by atoms with Gasteiger partial charge in [0.2, 0.25) is 5.91 Å². The quantitative estimate of drug-likeness (QED) is 0.568. The second-order valence-electron chi connectivity index (χ2n) is 4.29. The zero-order chi connectivity index (χ0) is 15.9. The molecule has 0 heterocycles. The highest BCUT2D eigenvalue weighted by atomic mass is 31.2. The molecule has 0 unspecified atom stereocenters. The minimum atomic E-state index is -4.32. The number of nitrogens with one attached hydrogen (secondary N) is 2. The summed E-state index contributed by atoms with van der Waals surface area (Å²) in [6.07, 6.45) is -1.57. The maximum Gasteiger partial charge on any atom is 0.408 e. The number of benzene rings is 1. The van der Waals surface area contributed by atoms with Gasteiger partial charge >= 0.3 is 13.7 Å². The van der Waals surface area contributed by atoms with Gasteiger partial charge in [-0.15, -0.1) is 0 Å². The lowest BCUT2D eigenvalue weighted by atomic mass is 10.2. The first-order chi connectivity index (χ1) is 9.78. The molecule has 4 N–H and O–H groups in total. The molecule has 0 spiro atoms. The van der Waals surface area contributed by atoms with E-state index >= 15 is 0 Å². The van der Waals surface area contributed by atoms with E-state index in [1.54, 1.807) is 24.3 Å². The van der Waals surface area contributed by atoms with E-state index in [2.05, 4.69) is 5.32 Å². The lowest BCUT2D eigenvalue weighted by Crippen LogP contribution is -2.45. The van der Waals surface area contributed by atoms with Crippen molar-refractivity contribution in [3.05, 3.63) is 35.9 Å². The number of ether oxygens (including phenoxy) is 1. The van der Waals surface area contributed by atoms with E-state index in [0.29, 0.717) is 0 Å². The fraction of sp³-hybridized carbons (Fsp3) is 0.333. The summed E-state index contributed by atoms with van der Waals surface area (Å²) in [6.45, 7) is 1.43. The largest absolute Gasteiger partial charge is 0.445 e. The molecule has 1 aromatic carbocycles. The molecular weight excluding hydrogens is 299 g/mol. The van der Waals surface area contributed by atoms with Gasteiger partial charge in [0.1, 0.15) is 18.9 Å². The first-order valence-corrected chi connectivity index (χ1v) is 7.87. The molecule has 0 aromatic heterocycles. The van der Waals surface area contributed by atoms with Crippen molar-refractivity contribution in [3.63, 3.8) is 0 Å². The van der Waals surface area contributed by atoms with E-state index in [1.165, 1.54) is 6.92 Å². The molecule has 2 amide bonds. The predicted molar refractivity (Wildman–Crippen MR) is 74.3 cm³/mol. The molecule has 21 heavy (non-hydrogen) atoms. The van der Waals surface area contributed by atoms with Crippen molar-refractivity contribution >= 4 is 19.6 Å². The molecule has 9 heteroatoms.